The Morgan fingerprint density at radius 1 is 1.35 bits per heavy atom. The highest BCUT2D eigenvalue weighted by Gasteiger charge is 2.10. The first-order valence-corrected chi connectivity index (χ1v) is 7.15. The number of carbonyl (C=O) groups excluding carboxylic acids is 1. The van der Waals surface area contributed by atoms with Crippen LogP contribution in [0.3, 0.4) is 0 Å². The second-order valence-corrected chi connectivity index (χ2v) is 5.93. The second kappa shape index (κ2) is 5.81. The Morgan fingerprint density at radius 3 is 2.45 bits per heavy atom. The van der Waals surface area contributed by atoms with Crippen LogP contribution in [0.5, 0.6) is 5.75 Å². The molecule has 0 bridgehead atoms. The quantitative estimate of drug-likeness (QED) is 0.871. The standard InChI is InChI=1S/C14H14ClNO3S/c1-7-4-10(5-8(2)12(7)15)19-6-11-16-9(3)13(20-11)14(17)18/h4-5H,6H2,1-3H3,(H,17,18)/p-1. The van der Waals surface area contributed by atoms with Gasteiger partial charge >= 0.3 is 0 Å². The Labute approximate surface area is 126 Å². The van der Waals surface area contributed by atoms with E-state index in [9.17, 15) is 9.90 Å². The fourth-order valence-corrected chi connectivity index (χ4v) is 2.76. The van der Waals surface area contributed by atoms with Gasteiger partial charge in [-0.25, -0.2) is 4.98 Å². The van der Waals surface area contributed by atoms with E-state index in [-0.39, 0.29) is 11.5 Å². The van der Waals surface area contributed by atoms with Crippen LogP contribution in [-0.4, -0.2) is 11.0 Å². The SMILES string of the molecule is Cc1cc(OCc2nc(C)c(C(=O)[O-])s2)cc(C)c1Cl. The van der Waals surface area contributed by atoms with E-state index in [2.05, 4.69) is 4.98 Å². The summed E-state index contributed by atoms with van der Waals surface area (Å²) in [6.07, 6.45) is 0. The van der Waals surface area contributed by atoms with Crippen molar-refractivity contribution in [2.45, 2.75) is 27.4 Å². The molecule has 0 saturated heterocycles. The van der Waals surface area contributed by atoms with Crippen LogP contribution in [0.2, 0.25) is 5.02 Å². The molecule has 0 fully saturated rings. The molecule has 0 atom stereocenters. The second-order valence-electron chi connectivity index (χ2n) is 4.47. The number of rotatable bonds is 4. The monoisotopic (exact) mass is 310 g/mol. The van der Waals surface area contributed by atoms with Gasteiger partial charge in [0.2, 0.25) is 0 Å². The zero-order chi connectivity index (χ0) is 14.9. The fraction of sp³-hybridized carbons (Fsp3) is 0.286. The highest BCUT2D eigenvalue weighted by molar-refractivity contribution is 7.13. The summed E-state index contributed by atoms with van der Waals surface area (Å²) >= 11 is 7.16. The van der Waals surface area contributed by atoms with E-state index in [1.54, 1.807) is 6.92 Å². The summed E-state index contributed by atoms with van der Waals surface area (Å²) in [5, 5.41) is 12.2. The lowest BCUT2D eigenvalue weighted by molar-refractivity contribution is -0.254. The Bertz CT molecular complexity index is 643. The number of ether oxygens (including phenoxy) is 1. The van der Waals surface area contributed by atoms with E-state index >= 15 is 0 Å². The average molecular weight is 311 g/mol. The number of halogens is 1. The van der Waals surface area contributed by atoms with Gasteiger partial charge in [-0.1, -0.05) is 11.6 Å². The van der Waals surface area contributed by atoms with Crippen LogP contribution in [0.15, 0.2) is 12.1 Å². The molecule has 0 saturated carbocycles. The lowest BCUT2D eigenvalue weighted by Gasteiger charge is -2.08. The van der Waals surface area contributed by atoms with E-state index in [0.717, 1.165) is 27.5 Å². The van der Waals surface area contributed by atoms with Crippen molar-refractivity contribution in [3.8, 4) is 5.75 Å². The molecule has 2 rings (SSSR count). The van der Waals surface area contributed by atoms with E-state index < -0.39 is 5.97 Å². The van der Waals surface area contributed by atoms with Crippen LogP contribution >= 0.6 is 22.9 Å². The van der Waals surface area contributed by atoms with Crippen LogP contribution in [0.25, 0.3) is 0 Å². The highest BCUT2D eigenvalue weighted by atomic mass is 35.5. The van der Waals surface area contributed by atoms with Crippen LogP contribution in [0.1, 0.15) is 31.5 Å². The molecule has 0 aliphatic rings. The van der Waals surface area contributed by atoms with Crippen LogP contribution in [0.4, 0.5) is 0 Å². The van der Waals surface area contributed by atoms with Crippen molar-refractivity contribution in [1.82, 2.24) is 4.98 Å². The van der Waals surface area contributed by atoms with Gasteiger partial charge in [-0.15, -0.1) is 11.3 Å². The van der Waals surface area contributed by atoms with Crippen molar-refractivity contribution in [3.05, 3.63) is 43.9 Å². The molecule has 106 valence electrons. The first kappa shape index (κ1) is 14.8. The van der Waals surface area contributed by atoms with Crippen molar-refractivity contribution < 1.29 is 14.6 Å². The molecule has 1 aromatic heterocycles. The normalized spacial score (nSPS) is 10.6. The largest absolute Gasteiger partial charge is 0.544 e. The molecule has 0 aliphatic heterocycles. The van der Waals surface area contributed by atoms with Gasteiger partial charge in [-0.2, -0.15) is 0 Å². The maximum absolute atomic E-state index is 10.8. The molecule has 0 aliphatic carbocycles. The number of carboxylic acids is 1. The summed E-state index contributed by atoms with van der Waals surface area (Å²) in [5.74, 6) is -0.517. The van der Waals surface area contributed by atoms with Gasteiger partial charge in [0.05, 0.1) is 16.5 Å². The molecular weight excluding hydrogens is 298 g/mol. The number of hydrogen-bond donors (Lipinski definition) is 0. The number of hydrogen-bond acceptors (Lipinski definition) is 5. The first-order chi connectivity index (χ1) is 9.38. The van der Waals surface area contributed by atoms with Crippen LogP contribution < -0.4 is 9.84 Å². The first-order valence-electron chi connectivity index (χ1n) is 5.95. The number of carboxylic acid groups (broad SMARTS) is 1. The van der Waals surface area contributed by atoms with Gasteiger partial charge in [0.15, 0.2) is 0 Å². The topological polar surface area (TPSA) is 62.2 Å². The number of benzene rings is 1. The molecule has 4 nitrogen and oxygen atoms in total. The summed E-state index contributed by atoms with van der Waals surface area (Å²) < 4.78 is 5.63. The van der Waals surface area contributed by atoms with Crippen molar-refractivity contribution in [2.24, 2.45) is 0 Å². The maximum Gasteiger partial charge on any atom is 0.140 e. The third-order valence-corrected chi connectivity index (χ3v) is 4.51. The third kappa shape index (κ3) is 3.11. The van der Waals surface area contributed by atoms with Gasteiger partial charge in [0, 0.05) is 5.02 Å². The number of thiazole rings is 1. The molecule has 2 aromatic rings. The molecule has 0 N–H and O–H groups in total. The van der Waals surface area contributed by atoms with Gasteiger partial charge in [0.25, 0.3) is 0 Å². The Kier molecular flexibility index (Phi) is 4.30. The summed E-state index contributed by atoms with van der Waals surface area (Å²) in [4.78, 5) is 15.1. The van der Waals surface area contributed by atoms with Crippen LogP contribution in [0, 0.1) is 20.8 Å². The summed E-state index contributed by atoms with van der Waals surface area (Å²) in [6.45, 7) is 5.68. The Morgan fingerprint density at radius 2 is 1.95 bits per heavy atom. The number of carbonyl (C=O) groups is 1. The van der Waals surface area contributed by atoms with Crippen molar-refractivity contribution in [1.29, 1.82) is 0 Å². The molecular formula is C14H13ClNO3S-. The lowest BCUT2D eigenvalue weighted by Crippen LogP contribution is -2.21. The van der Waals surface area contributed by atoms with E-state index in [1.807, 2.05) is 26.0 Å². The minimum absolute atomic E-state index is 0.145. The van der Waals surface area contributed by atoms with Gasteiger partial charge in [0.1, 0.15) is 17.4 Å². The number of nitrogens with zero attached hydrogens (tertiary/aromatic N) is 1. The Hall–Kier alpha value is -1.59. The molecule has 0 radical (unpaired) electrons. The zero-order valence-electron chi connectivity index (χ0n) is 11.3. The average Bonchev–Trinajstić information content (AvgIpc) is 2.75. The predicted octanol–water partition coefficient (Wildman–Crippen LogP) is 2.66. The third-order valence-electron chi connectivity index (χ3n) is 2.80. The molecule has 0 unspecified atom stereocenters. The Balaban J connectivity index is 2.13. The predicted molar refractivity (Wildman–Crippen MR) is 76.4 cm³/mol. The molecule has 1 heterocycles. The summed E-state index contributed by atoms with van der Waals surface area (Å²) in [7, 11) is 0. The number of aromatic nitrogens is 1. The summed E-state index contributed by atoms with van der Waals surface area (Å²) in [6, 6.07) is 3.69. The van der Waals surface area contributed by atoms with Gasteiger partial charge in [-0.3, -0.25) is 0 Å². The molecule has 20 heavy (non-hydrogen) atoms. The highest BCUT2D eigenvalue weighted by Crippen LogP contribution is 2.27. The smallest absolute Gasteiger partial charge is 0.140 e. The van der Waals surface area contributed by atoms with E-state index in [1.165, 1.54) is 0 Å². The van der Waals surface area contributed by atoms with E-state index in [4.69, 9.17) is 16.3 Å². The number of aromatic carboxylic acids is 1. The van der Waals surface area contributed by atoms with Crippen molar-refractivity contribution >= 4 is 28.9 Å². The van der Waals surface area contributed by atoms with Gasteiger partial charge < -0.3 is 14.6 Å². The minimum Gasteiger partial charge on any atom is -0.544 e. The minimum atomic E-state index is -1.20. The lowest BCUT2D eigenvalue weighted by atomic mass is 10.1. The van der Waals surface area contributed by atoms with Crippen molar-refractivity contribution in [3.63, 3.8) is 0 Å². The molecule has 6 heteroatoms. The summed E-state index contributed by atoms with van der Waals surface area (Å²) in [5.41, 5.74) is 2.33. The van der Waals surface area contributed by atoms with E-state index in [0.29, 0.717) is 16.5 Å². The maximum atomic E-state index is 10.8. The van der Waals surface area contributed by atoms with Gasteiger partial charge in [-0.05, 0) is 44.0 Å². The zero-order valence-corrected chi connectivity index (χ0v) is 12.9. The molecule has 0 amide bonds. The fourth-order valence-electron chi connectivity index (χ4n) is 1.84. The van der Waals surface area contributed by atoms with Crippen molar-refractivity contribution in [2.75, 3.05) is 0 Å². The molecule has 0 spiro atoms. The molecule has 1 aromatic carbocycles. The van der Waals surface area contributed by atoms with Crippen LogP contribution in [-0.2, 0) is 6.61 Å². The number of aryl methyl sites for hydroxylation is 3.